The van der Waals surface area contributed by atoms with E-state index in [0.717, 1.165) is 18.3 Å². The van der Waals surface area contributed by atoms with Crippen LogP contribution in [0.5, 0.6) is 0 Å². The molecule has 1 unspecified atom stereocenters. The molecule has 0 aromatic heterocycles. The van der Waals surface area contributed by atoms with Crippen molar-refractivity contribution < 1.29 is 0 Å². The van der Waals surface area contributed by atoms with E-state index >= 15 is 0 Å². The zero-order chi connectivity index (χ0) is 32.5. The summed E-state index contributed by atoms with van der Waals surface area (Å²) < 4.78 is 0. The monoisotopic (exact) mass is 591 g/mol. The smallest absolute Gasteiger partial charge is 0.0191 e. The van der Waals surface area contributed by atoms with E-state index in [4.69, 9.17) is 0 Å². The highest BCUT2D eigenvalue weighted by Crippen LogP contribution is 2.31. The van der Waals surface area contributed by atoms with Gasteiger partial charge in [-0.25, -0.2) is 0 Å². The summed E-state index contributed by atoms with van der Waals surface area (Å²) >= 11 is 0. The standard InChI is InChI=1S/C16H26.C14H20.C11H22.C2H6/c1-5-7-8-10-16-14(4)13(3)11-12-15(16)9-6-2;1-4-14(5-2)12(3)11-13-9-7-6-8-10-13;1-3-7-10(2)11-8-5-4-6-9-11;1-2/h11-12H,5-10H2,1-4H3;4,6-10,12H,5,11H2,1-3H3;10-11H,3-9H2,1-2H3;1-2H3/b;14-4-;;/t;12-;;/m.1../s1. The van der Waals surface area contributed by atoms with Crippen LogP contribution in [0.1, 0.15) is 167 Å². The zero-order valence-electron chi connectivity index (χ0n) is 31.0. The second-order valence-electron chi connectivity index (χ2n) is 12.8. The summed E-state index contributed by atoms with van der Waals surface area (Å²) in [6.45, 7) is 24.5. The Hall–Kier alpha value is -1.82. The van der Waals surface area contributed by atoms with Gasteiger partial charge in [0.05, 0.1) is 0 Å². The third-order valence-corrected chi connectivity index (χ3v) is 9.51. The predicted octanol–water partition coefficient (Wildman–Crippen LogP) is 14.2. The van der Waals surface area contributed by atoms with Crippen LogP contribution in [0.4, 0.5) is 0 Å². The van der Waals surface area contributed by atoms with Gasteiger partial charge in [0.25, 0.3) is 0 Å². The van der Waals surface area contributed by atoms with E-state index in [1.807, 2.05) is 13.8 Å². The molecule has 0 spiro atoms. The van der Waals surface area contributed by atoms with Gasteiger partial charge in [0.2, 0.25) is 0 Å². The van der Waals surface area contributed by atoms with Crippen molar-refractivity contribution >= 4 is 0 Å². The number of benzene rings is 2. The van der Waals surface area contributed by atoms with Crippen LogP contribution in [0, 0.1) is 31.6 Å². The molecule has 2 aromatic rings. The van der Waals surface area contributed by atoms with Gasteiger partial charge in [-0.05, 0) is 98.4 Å². The lowest BCUT2D eigenvalue weighted by molar-refractivity contribution is 0.251. The minimum absolute atomic E-state index is 0.674. The van der Waals surface area contributed by atoms with Gasteiger partial charge in [0, 0.05) is 0 Å². The number of aryl methyl sites for hydroxylation is 2. The van der Waals surface area contributed by atoms with Crippen LogP contribution >= 0.6 is 0 Å². The number of hydrogen-bond acceptors (Lipinski definition) is 0. The van der Waals surface area contributed by atoms with Crippen molar-refractivity contribution in [3.63, 3.8) is 0 Å². The number of allylic oxidation sites excluding steroid dienone is 2. The molecule has 43 heavy (non-hydrogen) atoms. The van der Waals surface area contributed by atoms with Crippen molar-refractivity contribution in [1.82, 2.24) is 0 Å². The summed E-state index contributed by atoms with van der Waals surface area (Å²) in [4.78, 5) is 0. The molecular formula is C43H74. The summed E-state index contributed by atoms with van der Waals surface area (Å²) in [6.07, 6.45) is 22.7. The van der Waals surface area contributed by atoms with Crippen LogP contribution in [-0.2, 0) is 19.3 Å². The minimum atomic E-state index is 0.674. The van der Waals surface area contributed by atoms with Gasteiger partial charge in [-0.2, -0.15) is 0 Å². The largest absolute Gasteiger partial charge is 0.0882 e. The Balaban J connectivity index is 0.000000606. The maximum Gasteiger partial charge on any atom is -0.0191 e. The van der Waals surface area contributed by atoms with Crippen LogP contribution in [0.3, 0.4) is 0 Å². The Morgan fingerprint density at radius 2 is 1.44 bits per heavy atom. The van der Waals surface area contributed by atoms with E-state index in [2.05, 4.69) is 111 Å². The topological polar surface area (TPSA) is 0 Å². The summed E-state index contributed by atoms with van der Waals surface area (Å²) in [6, 6.07) is 15.3. The molecule has 0 saturated heterocycles. The molecule has 2 aromatic carbocycles. The zero-order valence-corrected chi connectivity index (χ0v) is 31.0. The molecule has 0 heterocycles. The molecule has 0 aliphatic heterocycles. The van der Waals surface area contributed by atoms with Gasteiger partial charge >= 0.3 is 0 Å². The van der Waals surface area contributed by atoms with Crippen molar-refractivity contribution in [2.75, 3.05) is 0 Å². The molecule has 0 heteroatoms. The summed E-state index contributed by atoms with van der Waals surface area (Å²) in [7, 11) is 0. The van der Waals surface area contributed by atoms with E-state index in [0.29, 0.717) is 5.92 Å². The van der Waals surface area contributed by atoms with Gasteiger partial charge in [-0.15, -0.1) is 0 Å². The normalized spacial score (nSPS) is 14.7. The molecular weight excluding hydrogens is 516 g/mol. The van der Waals surface area contributed by atoms with Crippen molar-refractivity contribution in [2.45, 2.75) is 172 Å². The Labute approximate surface area is 271 Å². The maximum absolute atomic E-state index is 2.44. The first-order valence-corrected chi connectivity index (χ1v) is 18.6. The predicted molar refractivity (Wildman–Crippen MR) is 198 cm³/mol. The third kappa shape index (κ3) is 17.3. The first kappa shape index (κ1) is 41.2. The maximum atomic E-state index is 2.44. The van der Waals surface area contributed by atoms with E-state index in [1.54, 1.807) is 16.7 Å². The highest BCUT2D eigenvalue weighted by molar-refractivity contribution is 5.40. The molecule has 246 valence electrons. The molecule has 3 rings (SSSR count). The van der Waals surface area contributed by atoms with Crippen molar-refractivity contribution in [3.8, 4) is 0 Å². The Kier molecular flexibility index (Phi) is 25.4. The van der Waals surface area contributed by atoms with Crippen LogP contribution in [0.25, 0.3) is 0 Å². The van der Waals surface area contributed by atoms with Gasteiger partial charge < -0.3 is 0 Å². The number of rotatable bonds is 13. The van der Waals surface area contributed by atoms with E-state index in [9.17, 15) is 0 Å². The van der Waals surface area contributed by atoms with Gasteiger partial charge in [-0.3, -0.25) is 0 Å². The van der Waals surface area contributed by atoms with Crippen LogP contribution in [0.15, 0.2) is 54.1 Å². The molecule has 0 N–H and O–H groups in total. The lowest BCUT2D eigenvalue weighted by Gasteiger charge is -2.27. The van der Waals surface area contributed by atoms with E-state index in [-0.39, 0.29) is 0 Å². The second kappa shape index (κ2) is 26.6. The molecule has 2 atom stereocenters. The van der Waals surface area contributed by atoms with Crippen LogP contribution in [0.2, 0.25) is 0 Å². The molecule has 0 radical (unpaired) electrons. The summed E-state index contributed by atoms with van der Waals surface area (Å²) in [5.41, 5.74) is 9.20. The SMILES string of the molecule is C/C=C(/CC)[C@H](C)Cc1ccccc1.CC.CCCC(C)C1CCCCC1.CCCCCc1c(CCC)ccc(C)c1C. The quantitative estimate of drug-likeness (QED) is 0.161. The first-order chi connectivity index (χ1) is 20.8. The number of hydrogen-bond donors (Lipinski definition) is 0. The fourth-order valence-electron chi connectivity index (χ4n) is 6.66. The molecule has 1 fully saturated rings. The molecule has 0 bridgehead atoms. The van der Waals surface area contributed by atoms with Gasteiger partial charge in [0.1, 0.15) is 0 Å². The van der Waals surface area contributed by atoms with Crippen molar-refractivity contribution in [2.24, 2.45) is 17.8 Å². The molecule has 0 nitrogen and oxygen atoms in total. The van der Waals surface area contributed by atoms with E-state index < -0.39 is 0 Å². The lowest BCUT2D eigenvalue weighted by atomic mass is 9.79. The highest BCUT2D eigenvalue weighted by atomic mass is 14.2. The Morgan fingerprint density at radius 1 is 0.791 bits per heavy atom. The van der Waals surface area contributed by atoms with E-state index in [1.165, 1.54) is 107 Å². The molecule has 1 aliphatic carbocycles. The fourth-order valence-corrected chi connectivity index (χ4v) is 6.66. The van der Waals surface area contributed by atoms with Gasteiger partial charge in [0.15, 0.2) is 0 Å². The Bertz CT molecular complexity index is 928. The molecule has 0 amide bonds. The summed E-state index contributed by atoms with van der Waals surface area (Å²) in [5.74, 6) is 2.75. The Morgan fingerprint density at radius 3 is 1.98 bits per heavy atom. The highest BCUT2D eigenvalue weighted by Gasteiger charge is 2.18. The van der Waals surface area contributed by atoms with Crippen molar-refractivity contribution in [3.05, 3.63) is 81.9 Å². The average molecular weight is 591 g/mol. The van der Waals surface area contributed by atoms with Gasteiger partial charge in [-0.1, -0.05) is 174 Å². The summed E-state index contributed by atoms with van der Waals surface area (Å²) in [5, 5.41) is 0. The second-order valence-corrected chi connectivity index (χ2v) is 12.8. The van der Waals surface area contributed by atoms with Crippen molar-refractivity contribution in [1.29, 1.82) is 0 Å². The average Bonchev–Trinajstić information content (AvgIpc) is 3.04. The third-order valence-electron chi connectivity index (χ3n) is 9.51. The fraction of sp³-hybridized carbons (Fsp3) is 0.674. The lowest BCUT2D eigenvalue weighted by Crippen LogP contribution is -2.14. The first-order valence-electron chi connectivity index (χ1n) is 18.6. The molecule has 1 aliphatic rings. The van der Waals surface area contributed by atoms with Crippen LogP contribution < -0.4 is 0 Å². The molecule has 1 saturated carbocycles. The number of unbranched alkanes of at least 4 members (excludes halogenated alkanes) is 2. The minimum Gasteiger partial charge on any atom is -0.0882 e. The van der Waals surface area contributed by atoms with Crippen LogP contribution in [-0.4, -0.2) is 0 Å².